The molecule has 5 bridgehead atoms. The lowest BCUT2D eigenvalue weighted by molar-refractivity contribution is -0.146. The lowest BCUT2D eigenvalue weighted by atomic mass is 9.36. The Balaban J connectivity index is 0.979. The molecule has 4 aromatic carbocycles. The van der Waals surface area contributed by atoms with Gasteiger partial charge in [-0.15, -0.1) is 0 Å². The summed E-state index contributed by atoms with van der Waals surface area (Å²) in [7, 11) is 0. The van der Waals surface area contributed by atoms with Crippen LogP contribution >= 0.6 is 0 Å². The second-order valence-electron chi connectivity index (χ2n) is 25.2. The molecule has 0 amide bonds. The zero-order valence-electron chi connectivity index (χ0n) is 39.9. The van der Waals surface area contributed by atoms with Gasteiger partial charge < -0.3 is 17.6 Å². The summed E-state index contributed by atoms with van der Waals surface area (Å²) < 4.78 is 19.4. The Morgan fingerprint density at radius 3 is 1.74 bits per heavy atom. The standard InChI is InChI=1S/C64H44N6O2/c1-63(2)36-18-34-45-39(21-65-55-27-12-25-11-26(14-27)33(13-25)47(45)55)69-41-23-67-57-31-7-3-5-9-43(31)71-61(57)51(41)53(59(34)69)48(36)49-37(63)19-35-46-40(22-66-56-28-15-29-16-30-17-38(50(46)56)64(29,30)20-28)70-42-24-68-58-32-8-4-6-10-44(32)72-62(58)52(42)54(49)60(35)70/h3-10,18-19,21-30,33,38H,11-17,20H2,1-2H3. The third-order valence-corrected chi connectivity index (χ3v) is 22.6. The van der Waals surface area contributed by atoms with Crippen LogP contribution in [-0.2, 0) is 5.41 Å². The maximum Gasteiger partial charge on any atom is 0.163 e. The topological polar surface area (TPSA) is 86.7 Å². The zero-order valence-corrected chi connectivity index (χ0v) is 39.9. The first kappa shape index (κ1) is 35.7. The van der Waals surface area contributed by atoms with Gasteiger partial charge in [-0.3, -0.25) is 9.97 Å². The number of fused-ring (bicyclic) bond motifs is 36. The van der Waals surface area contributed by atoms with Crippen molar-refractivity contribution in [1.29, 1.82) is 0 Å². The van der Waals surface area contributed by atoms with E-state index in [0.717, 1.165) is 89.6 Å². The van der Waals surface area contributed by atoms with Crippen molar-refractivity contribution in [2.75, 3.05) is 0 Å². The zero-order chi connectivity index (χ0) is 45.9. The fourth-order valence-corrected chi connectivity index (χ4v) is 20.1. The number of rotatable bonds is 0. The molecule has 72 heavy (non-hydrogen) atoms. The normalized spacial score (nSPS) is 29.0. The molecule has 22 rings (SSSR count). The first-order chi connectivity index (χ1) is 35.4. The van der Waals surface area contributed by atoms with E-state index in [0.29, 0.717) is 29.1 Å². The minimum Gasteiger partial charge on any atom is -0.454 e. The summed E-state index contributed by atoms with van der Waals surface area (Å²) in [6, 6.07) is 22.3. The van der Waals surface area contributed by atoms with Crippen LogP contribution in [0.25, 0.3) is 131 Å². The first-order valence-electron chi connectivity index (χ1n) is 27.1. The molecule has 342 valence electrons. The van der Waals surface area contributed by atoms with Crippen molar-refractivity contribution in [1.82, 2.24) is 28.7 Å². The second-order valence-corrected chi connectivity index (χ2v) is 25.2. The van der Waals surface area contributed by atoms with Crippen LogP contribution in [0.4, 0.5) is 0 Å². The predicted molar refractivity (Wildman–Crippen MR) is 283 cm³/mol. The Kier molecular flexibility index (Phi) is 5.33. The van der Waals surface area contributed by atoms with Crippen molar-refractivity contribution in [2.24, 2.45) is 29.1 Å². The number of aromatic nitrogens is 6. The molecule has 1 spiro atoms. The van der Waals surface area contributed by atoms with Gasteiger partial charge in [0.15, 0.2) is 11.2 Å². The van der Waals surface area contributed by atoms with E-state index in [4.69, 9.17) is 28.8 Å². The molecule has 8 nitrogen and oxygen atoms in total. The first-order valence-corrected chi connectivity index (χ1v) is 27.1. The van der Waals surface area contributed by atoms with Gasteiger partial charge in [0.1, 0.15) is 22.2 Å². The molecule has 5 saturated carbocycles. The van der Waals surface area contributed by atoms with Gasteiger partial charge in [-0.25, -0.2) is 9.97 Å². The lowest BCUT2D eigenvalue weighted by Crippen LogP contribution is -2.59. The average molecular weight is 929 g/mol. The summed E-state index contributed by atoms with van der Waals surface area (Å²) in [5.74, 6) is 5.62. The SMILES string of the molecule is CC1(C)c2cc3c4c5c(ncc4n4c6cnc7c8ccccc8oc7c6c(c2-c2c1cc1c6c7c(ncc6n6c8cnc9c%10ccccc%10oc9c8c2c16)C1CC2CC6CC7C26C1)c34)C1CC2CC(C1)C5C2. The number of pyridine rings is 4. The second kappa shape index (κ2) is 10.7. The summed E-state index contributed by atoms with van der Waals surface area (Å²) >= 11 is 0. The van der Waals surface area contributed by atoms with Crippen molar-refractivity contribution < 1.29 is 8.83 Å². The highest BCUT2D eigenvalue weighted by molar-refractivity contribution is 6.38. The molecule has 0 N–H and O–H groups in total. The van der Waals surface area contributed by atoms with Gasteiger partial charge >= 0.3 is 0 Å². The molecule has 5 fully saturated rings. The number of nitrogens with zero attached hydrogens (tertiary/aromatic N) is 6. The highest BCUT2D eigenvalue weighted by atomic mass is 16.3. The number of para-hydroxylation sites is 2. The third-order valence-electron chi connectivity index (χ3n) is 22.6. The summed E-state index contributed by atoms with van der Waals surface area (Å²) in [4.78, 5) is 21.7. The lowest BCUT2D eigenvalue weighted by Gasteiger charge is -2.68. The van der Waals surface area contributed by atoms with Crippen LogP contribution in [0.3, 0.4) is 0 Å². The van der Waals surface area contributed by atoms with Crippen molar-refractivity contribution in [3.05, 3.63) is 119 Å². The Hall–Kier alpha value is -7.32. The molecule has 8 heteroatoms. The fraction of sp³-hybridized carbons (Fsp3) is 0.312. The fourth-order valence-electron chi connectivity index (χ4n) is 20.1. The molecule has 10 heterocycles. The van der Waals surface area contributed by atoms with E-state index >= 15 is 0 Å². The van der Waals surface area contributed by atoms with E-state index in [-0.39, 0.29) is 5.41 Å². The average Bonchev–Trinajstić information content (AvgIpc) is 4.30. The Bertz CT molecular complexity index is 5060. The van der Waals surface area contributed by atoms with Crippen molar-refractivity contribution >= 4 is 120 Å². The van der Waals surface area contributed by atoms with Crippen LogP contribution < -0.4 is 0 Å². The van der Waals surface area contributed by atoms with Gasteiger partial charge in [0, 0.05) is 71.7 Å². The molecule has 0 saturated heterocycles. The van der Waals surface area contributed by atoms with Crippen LogP contribution in [0.1, 0.15) is 123 Å². The van der Waals surface area contributed by atoms with E-state index in [2.05, 4.69) is 108 Å². The van der Waals surface area contributed by atoms with Gasteiger partial charge in [0.05, 0.1) is 68.7 Å². The van der Waals surface area contributed by atoms with E-state index in [1.165, 1.54) is 139 Å². The highest BCUT2D eigenvalue weighted by Gasteiger charge is 2.72. The van der Waals surface area contributed by atoms with Crippen molar-refractivity contribution in [3.63, 3.8) is 0 Å². The highest BCUT2D eigenvalue weighted by Crippen LogP contribution is 2.82. The Morgan fingerprint density at radius 1 is 0.528 bits per heavy atom. The number of benzene rings is 4. The number of hydrogen-bond acceptors (Lipinski definition) is 6. The monoisotopic (exact) mass is 928 g/mol. The van der Waals surface area contributed by atoms with Crippen LogP contribution in [0, 0.1) is 29.1 Å². The largest absolute Gasteiger partial charge is 0.454 e. The molecule has 8 aliphatic carbocycles. The molecule has 8 aliphatic rings. The van der Waals surface area contributed by atoms with E-state index in [9.17, 15) is 0 Å². The summed E-state index contributed by atoms with van der Waals surface area (Å²) in [6.07, 6.45) is 19.5. The van der Waals surface area contributed by atoms with Crippen LogP contribution in [0.2, 0.25) is 0 Å². The predicted octanol–water partition coefficient (Wildman–Crippen LogP) is 15.7. The van der Waals surface area contributed by atoms with E-state index in [1.807, 2.05) is 0 Å². The quantitative estimate of drug-likeness (QED) is 0.151. The molecule has 0 aliphatic heterocycles. The number of hydrogen-bond donors (Lipinski definition) is 0. The number of furan rings is 2. The molecular formula is C64H44N6O2. The van der Waals surface area contributed by atoms with Crippen LogP contribution in [0.5, 0.6) is 0 Å². The van der Waals surface area contributed by atoms with Gasteiger partial charge in [-0.1, -0.05) is 38.1 Å². The maximum absolute atomic E-state index is 7.12. The van der Waals surface area contributed by atoms with Crippen molar-refractivity contribution in [3.8, 4) is 11.1 Å². The van der Waals surface area contributed by atoms with E-state index in [1.54, 1.807) is 11.1 Å². The molecule has 9 unspecified atom stereocenters. The van der Waals surface area contributed by atoms with Crippen molar-refractivity contribution in [2.45, 2.75) is 94.3 Å². The summed E-state index contributed by atoms with van der Waals surface area (Å²) in [6.45, 7) is 5.05. The minimum atomic E-state index is -0.357. The maximum atomic E-state index is 7.12. The smallest absolute Gasteiger partial charge is 0.163 e. The summed E-state index contributed by atoms with van der Waals surface area (Å²) in [5, 5.41) is 12.6. The third kappa shape index (κ3) is 3.38. The molecule has 14 aromatic rings. The van der Waals surface area contributed by atoms with Gasteiger partial charge in [0.2, 0.25) is 0 Å². The molecule has 9 atom stereocenters. The molecule has 0 radical (unpaired) electrons. The van der Waals surface area contributed by atoms with Crippen LogP contribution in [-0.4, -0.2) is 28.7 Å². The Morgan fingerprint density at radius 2 is 1.10 bits per heavy atom. The van der Waals surface area contributed by atoms with E-state index < -0.39 is 0 Å². The minimum absolute atomic E-state index is 0.357. The Labute approximate surface area is 409 Å². The summed E-state index contributed by atoms with van der Waals surface area (Å²) in [5.41, 5.74) is 24.0. The molecular weight excluding hydrogens is 885 g/mol. The van der Waals surface area contributed by atoms with Crippen LogP contribution in [0.15, 0.2) is 94.3 Å². The van der Waals surface area contributed by atoms with Gasteiger partial charge in [0.25, 0.3) is 0 Å². The van der Waals surface area contributed by atoms with Gasteiger partial charge in [-0.05, 0) is 162 Å². The van der Waals surface area contributed by atoms with Gasteiger partial charge in [-0.2, -0.15) is 0 Å². The molecule has 10 aromatic heterocycles.